The summed E-state index contributed by atoms with van der Waals surface area (Å²) in [7, 11) is 3.14. The van der Waals surface area contributed by atoms with Gasteiger partial charge in [0.05, 0.1) is 16.6 Å². The van der Waals surface area contributed by atoms with E-state index in [9.17, 15) is 26.3 Å². The molecule has 41 heavy (non-hydrogen) atoms. The molecule has 0 atom stereocenters. The topological polar surface area (TPSA) is 71.2 Å². The Bertz CT molecular complexity index is 1340. The summed E-state index contributed by atoms with van der Waals surface area (Å²) in [6.07, 6.45) is -8.15. The number of para-hydroxylation sites is 1. The summed E-state index contributed by atoms with van der Waals surface area (Å²) < 4.78 is 81.3. The van der Waals surface area contributed by atoms with Crippen LogP contribution in [0.2, 0.25) is 0 Å². The SMILES string of the molecule is CCCCN(CC)c1nc2ccccc2cc1CN(Cc1cc(C(F)(F)F)cc(C(F)(F)F)c1)C(=N)N=NN(C)C. The maximum absolute atomic E-state index is 13.5. The summed E-state index contributed by atoms with van der Waals surface area (Å²) in [5.41, 5.74) is -1.73. The average molecular weight is 582 g/mol. The van der Waals surface area contributed by atoms with Crippen molar-refractivity contribution >= 4 is 22.7 Å². The average Bonchev–Trinajstić information content (AvgIpc) is 2.90. The Kier molecular flexibility index (Phi) is 10.2. The fraction of sp³-hybridized carbons (Fsp3) is 0.429. The van der Waals surface area contributed by atoms with Crippen LogP contribution in [0.15, 0.2) is 58.9 Å². The lowest BCUT2D eigenvalue weighted by Crippen LogP contribution is -2.31. The molecule has 2 aromatic carbocycles. The third-order valence-electron chi connectivity index (χ3n) is 6.24. The number of rotatable bonds is 10. The van der Waals surface area contributed by atoms with Crippen molar-refractivity contribution in [2.75, 3.05) is 32.1 Å². The molecule has 0 amide bonds. The Morgan fingerprint density at radius 2 is 1.54 bits per heavy atom. The second-order valence-corrected chi connectivity index (χ2v) is 9.73. The number of pyridine rings is 1. The fourth-order valence-electron chi connectivity index (χ4n) is 4.24. The molecule has 0 saturated carbocycles. The standard InChI is InChI=1S/C28H33F6N7/c1-5-7-12-40(6-2)25-21(15-20-10-8-9-11-24(20)36-25)18-41(26(35)37-38-39(3)4)17-19-13-22(27(29,30)31)16-23(14-19)28(32,33)34/h8-11,13-16,35H,5-7,12,17-18H2,1-4H3. The Labute approximate surface area is 235 Å². The van der Waals surface area contributed by atoms with E-state index >= 15 is 0 Å². The highest BCUT2D eigenvalue weighted by Gasteiger charge is 2.37. The van der Waals surface area contributed by atoms with Crippen LogP contribution in [-0.4, -0.2) is 48.0 Å². The number of alkyl halides is 6. The van der Waals surface area contributed by atoms with E-state index in [1.165, 1.54) is 9.91 Å². The number of guanidine groups is 1. The summed E-state index contributed by atoms with van der Waals surface area (Å²) in [6.45, 7) is 4.85. The number of nitrogens with zero attached hydrogens (tertiary/aromatic N) is 6. The molecule has 3 aromatic rings. The molecule has 1 N–H and O–H groups in total. The third kappa shape index (κ3) is 8.54. The Balaban J connectivity index is 2.14. The number of halogens is 6. The van der Waals surface area contributed by atoms with Crippen LogP contribution >= 0.6 is 0 Å². The first kappa shape index (κ1) is 31.6. The van der Waals surface area contributed by atoms with E-state index in [-0.39, 0.29) is 18.2 Å². The predicted octanol–water partition coefficient (Wildman–Crippen LogP) is 7.76. The van der Waals surface area contributed by atoms with E-state index in [2.05, 4.69) is 22.2 Å². The molecule has 0 aliphatic rings. The molecule has 0 unspecified atom stereocenters. The lowest BCUT2D eigenvalue weighted by Gasteiger charge is -2.28. The van der Waals surface area contributed by atoms with Gasteiger partial charge in [0.1, 0.15) is 5.82 Å². The van der Waals surface area contributed by atoms with Crippen LogP contribution in [0.5, 0.6) is 0 Å². The Hall–Kier alpha value is -3.90. The molecule has 0 aliphatic carbocycles. The summed E-state index contributed by atoms with van der Waals surface area (Å²) in [6, 6.07) is 10.7. The molecular formula is C28H33F6N7. The molecule has 0 aliphatic heterocycles. The smallest absolute Gasteiger partial charge is 0.357 e. The second-order valence-electron chi connectivity index (χ2n) is 9.73. The van der Waals surface area contributed by atoms with Gasteiger partial charge < -0.3 is 9.80 Å². The van der Waals surface area contributed by atoms with Gasteiger partial charge in [-0.2, -0.15) is 26.3 Å². The minimum absolute atomic E-state index is 0.0569. The molecule has 222 valence electrons. The van der Waals surface area contributed by atoms with Gasteiger partial charge in [0.15, 0.2) is 0 Å². The maximum atomic E-state index is 13.5. The van der Waals surface area contributed by atoms with Crippen molar-refractivity contribution < 1.29 is 26.3 Å². The predicted molar refractivity (Wildman–Crippen MR) is 147 cm³/mol. The molecule has 0 spiro atoms. The van der Waals surface area contributed by atoms with Gasteiger partial charge >= 0.3 is 12.4 Å². The molecule has 7 nitrogen and oxygen atoms in total. The van der Waals surface area contributed by atoms with E-state index in [0.717, 1.165) is 23.7 Å². The first-order valence-electron chi connectivity index (χ1n) is 13.1. The van der Waals surface area contributed by atoms with Gasteiger partial charge in [-0.1, -0.05) is 41.9 Å². The number of aromatic nitrogens is 1. The van der Waals surface area contributed by atoms with Crippen molar-refractivity contribution in [1.82, 2.24) is 14.9 Å². The zero-order chi connectivity index (χ0) is 30.4. The van der Waals surface area contributed by atoms with E-state index < -0.39 is 36.0 Å². The van der Waals surface area contributed by atoms with Gasteiger partial charge in [-0.3, -0.25) is 10.4 Å². The van der Waals surface area contributed by atoms with Gasteiger partial charge in [-0.05, 0) is 49.2 Å². The molecule has 1 aromatic heterocycles. The molecule has 0 saturated heterocycles. The van der Waals surface area contributed by atoms with Crippen LogP contribution in [0.3, 0.4) is 0 Å². The van der Waals surface area contributed by atoms with Crippen molar-refractivity contribution in [3.05, 3.63) is 70.8 Å². The molecule has 0 radical (unpaired) electrons. The number of anilines is 1. The minimum Gasteiger partial charge on any atom is -0.357 e. The first-order chi connectivity index (χ1) is 19.2. The van der Waals surface area contributed by atoms with Gasteiger partial charge in [-0.25, -0.2) is 4.98 Å². The van der Waals surface area contributed by atoms with Crippen LogP contribution in [0.4, 0.5) is 32.2 Å². The van der Waals surface area contributed by atoms with E-state index in [1.807, 2.05) is 37.3 Å². The van der Waals surface area contributed by atoms with E-state index in [0.29, 0.717) is 36.6 Å². The number of benzene rings is 2. The zero-order valence-electron chi connectivity index (χ0n) is 23.3. The monoisotopic (exact) mass is 581 g/mol. The number of unbranched alkanes of at least 4 members (excludes halogenated alkanes) is 1. The van der Waals surface area contributed by atoms with Gasteiger partial charge in [0.2, 0.25) is 5.96 Å². The van der Waals surface area contributed by atoms with Crippen LogP contribution in [0, 0.1) is 5.41 Å². The zero-order valence-corrected chi connectivity index (χ0v) is 23.3. The van der Waals surface area contributed by atoms with Crippen molar-refractivity contribution in [3.8, 4) is 0 Å². The quantitative estimate of drug-likeness (QED) is 0.0873. The largest absolute Gasteiger partial charge is 0.416 e. The molecule has 13 heteroatoms. The van der Waals surface area contributed by atoms with Crippen molar-refractivity contribution in [1.29, 1.82) is 5.41 Å². The maximum Gasteiger partial charge on any atom is 0.416 e. The van der Waals surface area contributed by atoms with Gasteiger partial charge in [0.25, 0.3) is 0 Å². The summed E-state index contributed by atoms with van der Waals surface area (Å²) in [5, 5.41) is 18.3. The van der Waals surface area contributed by atoms with E-state index in [4.69, 9.17) is 10.4 Å². The lowest BCUT2D eigenvalue weighted by atomic mass is 10.0. The second kappa shape index (κ2) is 13.2. The lowest BCUT2D eigenvalue weighted by molar-refractivity contribution is -0.143. The van der Waals surface area contributed by atoms with Crippen LogP contribution in [0.25, 0.3) is 10.9 Å². The van der Waals surface area contributed by atoms with Crippen molar-refractivity contribution in [3.63, 3.8) is 0 Å². The molecule has 1 heterocycles. The summed E-state index contributed by atoms with van der Waals surface area (Å²) in [5.74, 6) is 0.197. The van der Waals surface area contributed by atoms with Crippen molar-refractivity contribution in [2.24, 2.45) is 10.3 Å². The molecule has 3 rings (SSSR count). The number of fused-ring (bicyclic) bond motifs is 1. The number of nitrogens with one attached hydrogen (secondary N) is 1. The third-order valence-corrected chi connectivity index (χ3v) is 6.24. The normalized spacial score (nSPS) is 12.2. The summed E-state index contributed by atoms with van der Waals surface area (Å²) >= 11 is 0. The molecular weight excluding hydrogens is 548 g/mol. The highest BCUT2D eigenvalue weighted by Crippen LogP contribution is 2.37. The first-order valence-corrected chi connectivity index (χ1v) is 13.1. The van der Waals surface area contributed by atoms with Crippen molar-refractivity contribution in [2.45, 2.75) is 52.1 Å². The van der Waals surface area contributed by atoms with E-state index in [1.54, 1.807) is 14.1 Å². The fourth-order valence-corrected chi connectivity index (χ4v) is 4.24. The number of hydrogen-bond donors (Lipinski definition) is 1. The molecule has 0 bridgehead atoms. The van der Waals surface area contributed by atoms with Crippen LogP contribution < -0.4 is 4.90 Å². The highest BCUT2D eigenvalue weighted by molar-refractivity contribution is 5.82. The molecule has 0 fully saturated rings. The highest BCUT2D eigenvalue weighted by atomic mass is 19.4. The Morgan fingerprint density at radius 3 is 2.10 bits per heavy atom. The Morgan fingerprint density at radius 1 is 0.902 bits per heavy atom. The van der Waals surface area contributed by atoms with Gasteiger partial charge in [-0.15, -0.1) is 0 Å². The number of hydrogen-bond acceptors (Lipinski definition) is 4. The van der Waals surface area contributed by atoms with Gasteiger partial charge in [0, 0.05) is 51.2 Å². The van der Waals surface area contributed by atoms with Crippen LogP contribution in [0.1, 0.15) is 48.9 Å². The summed E-state index contributed by atoms with van der Waals surface area (Å²) in [4.78, 5) is 8.21. The van der Waals surface area contributed by atoms with Crippen LogP contribution in [-0.2, 0) is 25.4 Å². The minimum atomic E-state index is -4.99.